The number of carbonyl (C=O) groups excluding carboxylic acids is 3. The van der Waals surface area contributed by atoms with Crippen molar-refractivity contribution < 1.29 is 14.4 Å². The molecule has 1 saturated carbocycles. The van der Waals surface area contributed by atoms with Gasteiger partial charge in [-0.05, 0) is 72.6 Å². The van der Waals surface area contributed by atoms with Crippen molar-refractivity contribution in [1.29, 1.82) is 0 Å². The fraction of sp³-hybridized carbons (Fsp3) is 0.475. The average molecular weight is 710 g/mol. The van der Waals surface area contributed by atoms with Gasteiger partial charge in [-0.3, -0.25) is 14.4 Å². The van der Waals surface area contributed by atoms with E-state index in [1.54, 1.807) is 22.7 Å². The predicted octanol–water partition coefficient (Wildman–Crippen LogP) is 8.52. The number of likely N-dealkylation sites (tertiary alicyclic amines) is 2. The van der Waals surface area contributed by atoms with Crippen LogP contribution in [0, 0.1) is 17.8 Å². The van der Waals surface area contributed by atoms with Crippen LogP contribution in [-0.2, 0) is 14.4 Å². The van der Waals surface area contributed by atoms with Gasteiger partial charge in [-0.1, -0.05) is 76.2 Å². The molecule has 0 spiro atoms. The quantitative estimate of drug-likeness (QED) is 0.169. The lowest BCUT2D eigenvalue weighted by Crippen LogP contribution is -2.51. The highest BCUT2D eigenvalue weighted by atomic mass is 32.1. The summed E-state index contributed by atoms with van der Waals surface area (Å²) in [5, 5.41) is 5.03. The first-order chi connectivity index (χ1) is 24.2. The first-order valence-electron chi connectivity index (χ1n) is 18.2. The maximum Gasteiger partial charge on any atom is 0.246 e. The Morgan fingerprint density at radius 3 is 1.68 bits per heavy atom. The van der Waals surface area contributed by atoms with Gasteiger partial charge in [0.1, 0.15) is 16.1 Å². The van der Waals surface area contributed by atoms with E-state index in [2.05, 4.69) is 67.7 Å². The predicted molar refractivity (Wildman–Crippen MR) is 200 cm³/mol. The third-order valence-electron chi connectivity index (χ3n) is 10.2. The molecule has 1 N–H and O–H groups in total. The molecule has 0 unspecified atom stereocenters. The van der Waals surface area contributed by atoms with Gasteiger partial charge >= 0.3 is 0 Å². The highest BCUT2D eigenvalue weighted by Crippen LogP contribution is 2.40. The Morgan fingerprint density at radius 1 is 0.720 bits per heavy atom. The van der Waals surface area contributed by atoms with Crippen molar-refractivity contribution >= 4 is 40.4 Å². The van der Waals surface area contributed by atoms with E-state index in [0.717, 1.165) is 87.1 Å². The normalized spacial score (nSPS) is 19.8. The molecule has 2 aromatic heterocycles. The van der Waals surface area contributed by atoms with Crippen LogP contribution in [0.3, 0.4) is 0 Å². The van der Waals surface area contributed by atoms with Crippen molar-refractivity contribution in [2.45, 2.75) is 90.8 Å². The molecule has 262 valence electrons. The number of amides is 3. The maximum absolute atomic E-state index is 13.7. The maximum atomic E-state index is 13.7. The summed E-state index contributed by atoms with van der Waals surface area (Å²) in [7, 11) is 0. The van der Waals surface area contributed by atoms with Gasteiger partial charge in [0.25, 0.3) is 0 Å². The number of rotatable bonds is 11. The van der Waals surface area contributed by atoms with Crippen LogP contribution in [-0.4, -0.2) is 56.6 Å². The van der Waals surface area contributed by atoms with Gasteiger partial charge in [-0.2, -0.15) is 0 Å². The standard InChI is InChI=1S/C40H47N5O3S2/c1-24(2)21-35(46)44-19-5-7-31(44)38-41-22-33(49-38)28-13-9-26(10-14-28)27-11-15-29(16-12-27)34-23-42-39(50-34)32-8-6-20-45(32)40(48)36(25(3)4)43-37(47)30-17-18-30/h9-16,22-25,30-32,36H,5-8,17-21H2,1-4H3,(H,43,47)/t31-,32-,36+/m0/s1. The van der Waals surface area contributed by atoms with Gasteiger partial charge in [-0.25, -0.2) is 9.97 Å². The Kier molecular flexibility index (Phi) is 10.2. The number of nitrogens with zero attached hydrogens (tertiary/aromatic N) is 4. The van der Waals surface area contributed by atoms with Gasteiger partial charge in [-0.15, -0.1) is 22.7 Å². The van der Waals surface area contributed by atoms with Gasteiger partial charge in [0.2, 0.25) is 17.7 Å². The lowest BCUT2D eigenvalue weighted by atomic mass is 10.0. The van der Waals surface area contributed by atoms with Crippen molar-refractivity contribution in [3.8, 4) is 32.0 Å². The summed E-state index contributed by atoms with van der Waals surface area (Å²) in [5.74, 6) is 0.714. The number of hydrogen-bond acceptors (Lipinski definition) is 7. The summed E-state index contributed by atoms with van der Waals surface area (Å²) in [6.07, 6.45) is 10.1. The Balaban J connectivity index is 0.999. The minimum atomic E-state index is -0.501. The summed E-state index contributed by atoms with van der Waals surface area (Å²) in [5.41, 5.74) is 4.52. The smallest absolute Gasteiger partial charge is 0.246 e. The lowest BCUT2D eigenvalue weighted by Gasteiger charge is -2.30. The van der Waals surface area contributed by atoms with Gasteiger partial charge in [0.15, 0.2) is 0 Å². The molecule has 0 radical (unpaired) electrons. The van der Waals surface area contributed by atoms with Crippen LogP contribution < -0.4 is 5.32 Å². The number of benzene rings is 2. The summed E-state index contributed by atoms with van der Waals surface area (Å²) in [6.45, 7) is 9.71. The zero-order valence-corrected chi connectivity index (χ0v) is 31.1. The van der Waals surface area contributed by atoms with E-state index in [4.69, 9.17) is 9.97 Å². The van der Waals surface area contributed by atoms with Crippen LogP contribution in [0.4, 0.5) is 0 Å². The van der Waals surface area contributed by atoms with Crippen molar-refractivity contribution in [1.82, 2.24) is 25.1 Å². The molecule has 2 aromatic carbocycles. The van der Waals surface area contributed by atoms with E-state index < -0.39 is 6.04 Å². The number of hydrogen-bond donors (Lipinski definition) is 1. The molecule has 3 fully saturated rings. The monoisotopic (exact) mass is 709 g/mol. The van der Waals surface area contributed by atoms with Gasteiger partial charge in [0.05, 0.1) is 21.8 Å². The number of thiazole rings is 2. The average Bonchev–Trinajstić information content (AvgIpc) is 3.57. The molecule has 3 amide bonds. The second kappa shape index (κ2) is 14.8. The Bertz CT molecular complexity index is 1830. The summed E-state index contributed by atoms with van der Waals surface area (Å²) >= 11 is 3.35. The van der Waals surface area contributed by atoms with Crippen molar-refractivity contribution in [2.75, 3.05) is 13.1 Å². The van der Waals surface area contributed by atoms with E-state index in [9.17, 15) is 14.4 Å². The van der Waals surface area contributed by atoms with Crippen LogP contribution in [0.2, 0.25) is 0 Å². The van der Waals surface area contributed by atoms with E-state index in [-0.39, 0.29) is 41.6 Å². The van der Waals surface area contributed by atoms with Crippen molar-refractivity contribution in [2.24, 2.45) is 17.8 Å². The van der Waals surface area contributed by atoms with Crippen LogP contribution in [0.1, 0.15) is 94.7 Å². The van der Waals surface area contributed by atoms with E-state index in [1.807, 2.05) is 36.0 Å². The van der Waals surface area contributed by atoms with Gasteiger partial charge < -0.3 is 15.1 Å². The molecule has 50 heavy (non-hydrogen) atoms. The minimum Gasteiger partial charge on any atom is -0.344 e. The molecule has 10 heteroatoms. The van der Waals surface area contributed by atoms with Crippen molar-refractivity contribution in [3.05, 3.63) is 70.9 Å². The zero-order chi connectivity index (χ0) is 34.9. The molecule has 0 bridgehead atoms. The second-order valence-electron chi connectivity index (χ2n) is 14.8. The fourth-order valence-electron chi connectivity index (χ4n) is 7.19. The third-order valence-corrected chi connectivity index (χ3v) is 12.5. The van der Waals surface area contributed by atoms with E-state index in [1.165, 1.54) is 0 Å². The molecular weight excluding hydrogens is 663 g/mol. The Hall–Kier alpha value is -3.89. The fourth-order valence-corrected chi connectivity index (χ4v) is 9.33. The second-order valence-corrected chi connectivity index (χ2v) is 16.9. The molecular formula is C40H47N5O3S2. The summed E-state index contributed by atoms with van der Waals surface area (Å²) in [4.78, 5) is 54.8. The first kappa shape index (κ1) is 34.6. The largest absolute Gasteiger partial charge is 0.344 e. The SMILES string of the molecule is CC(C)CC(=O)N1CCC[C@H]1c1ncc(-c2ccc(-c3ccc(-c4cnc([C@@H]5CCCN5C(=O)[C@H](NC(=O)C5CC5)C(C)C)s4)cc3)cc2)s1. The summed E-state index contributed by atoms with van der Waals surface area (Å²) in [6, 6.07) is 16.7. The van der Waals surface area contributed by atoms with Crippen LogP contribution in [0.25, 0.3) is 32.0 Å². The number of aromatic nitrogens is 2. The molecule has 7 rings (SSSR count). The van der Waals surface area contributed by atoms with Crippen LogP contribution in [0.5, 0.6) is 0 Å². The van der Waals surface area contributed by atoms with Crippen molar-refractivity contribution in [3.63, 3.8) is 0 Å². The topological polar surface area (TPSA) is 95.5 Å². The Labute approximate surface area is 303 Å². The van der Waals surface area contributed by atoms with Crippen LogP contribution in [0.15, 0.2) is 60.9 Å². The van der Waals surface area contributed by atoms with E-state index in [0.29, 0.717) is 18.9 Å². The molecule has 2 aliphatic heterocycles. The molecule has 3 aliphatic rings. The lowest BCUT2D eigenvalue weighted by molar-refractivity contribution is -0.138. The van der Waals surface area contributed by atoms with Crippen LogP contribution >= 0.6 is 22.7 Å². The highest BCUT2D eigenvalue weighted by molar-refractivity contribution is 7.15. The number of carbonyl (C=O) groups is 3. The third kappa shape index (κ3) is 7.42. The molecule has 8 nitrogen and oxygen atoms in total. The summed E-state index contributed by atoms with van der Waals surface area (Å²) < 4.78 is 0. The number of nitrogens with one attached hydrogen (secondary N) is 1. The molecule has 2 saturated heterocycles. The first-order valence-corrected chi connectivity index (χ1v) is 19.8. The molecule has 3 atom stereocenters. The van der Waals surface area contributed by atoms with Gasteiger partial charge in [0, 0.05) is 37.8 Å². The minimum absolute atomic E-state index is 0.00782. The Morgan fingerprint density at radius 2 is 1.20 bits per heavy atom. The highest BCUT2D eigenvalue weighted by Gasteiger charge is 2.39. The zero-order valence-electron chi connectivity index (χ0n) is 29.4. The molecule has 4 aromatic rings. The molecule has 1 aliphatic carbocycles. The van der Waals surface area contributed by atoms with E-state index >= 15 is 0 Å². The molecule has 4 heterocycles.